The Bertz CT molecular complexity index is 708. The molecule has 1 aromatic carbocycles. The maximum Gasteiger partial charge on any atom is 0.343 e. The summed E-state index contributed by atoms with van der Waals surface area (Å²) in [7, 11) is 1.87. The zero-order valence-electron chi connectivity index (χ0n) is 14.8. The van der Waals surface area contributed by atoms with E-state index in [1.54, 1.807) is 0 Å². The third-order valence-corrected chi connectivity index (χ3v) is 4.93. The van der Waals surface area contributed by atoms with Crippen LogP contribution in [0.1, 0.15) is 36.5 Å². The van der Waals surface area contributed by atoms with Crippen LogP contribution >= 0.6 is 0 Å². The number of aromatic nitrogens is 1. The van der Waals surface area contributed by atoms with Crippen molar-refractivity contribution in [3.05, 3.63) is 35.9 Å². The van der Waals surface area contributed by atoms with Crippen molar-refractivity contribution in [3.63, 3.8) is 0 Å². The molecule has 6 nitrogen and oxygen atoms in total. The van der Waals surface area contributed by atoms with Crippen LogP contribution in [0.25, 0.3) is 11.3 Å². The lowest BCUT2D eigenvalue weighted by Crippen LogP contribution is -2.34. The Balaban J connectivity index is 1.75. The second kappa shape index (κ2) is 7.70. The average Bonchev–Trinajstić information content (AvgIpc) is 3.29. The van der Waals surface area contributed by atoms with Crippen molar-refractivity contribution in [2.75, 3.05) is 31.6 Å². The first-order chi connectivity index (χ1) is 12.1. The Labute approximate surface area is 148 Å². The Hall–Kier alpha value is -2.34. The van der Waals surface area contributed by atoms with E-state index >= 15 is 0 Å². The van der Waals surface area contributed by atoms with Crippen LogP contribution in [0.15, 0.2) is 34.9 Å². The fourth-order valence-electron chi connectivity index (χ4n) is 3.37. The summed E-state index contributed by atoms with van der Waals surface area (Å²) in [5, 5.41) is 13.7. The van der Waals surface area contributed by atoms with Gasteiger partial charge in [0.1, 0.15) is 0 Å². The van der Waals surface area contributed by atoms with E-state index in [9.17, 15) is 9.90 Å². The van der Waals surface area contributed by atoms with Crippen molar-refractivity contribution in [1.82, 2.24) is 10.1 Å². The molecule has 25 heavy (non-hydrogen) atoms. The molecule has 1 fully saturated rings. The minimum absolute atomic E-state index is 0.127. The third kappa shape index (κ3) is 3.85. The summed E-state index contributed by atoms with van der Waals surface area (Å²) < 4.78 is 5.39. The van der Waals surface area contributed by atoms with Gasteiger partial charge >= 0.3 is 5.97 Å². The summed E-state index contributed by atoms with van der Waals surface area (Å²) in [4.78, 5) is 16.2. The highest BCUT2D eigenvalue weighted by Crippen LogP contribution is 2.31. The molecule has 0 bridgehead atoms. The number of likely N-dealkylation sites (tertiary alicyclic amines) is 1. The molecule has 1 unspecified atom stereocenters. The highest BCUT2D eigenvalue weighted by atomic mass is 16.5. The van der Waals surface area contributed by atoms with E-state index in [1.165, 1.54) is 12.8 Å². The number of rotatable bonds is 7. The van der Waals surface area contributed by atoms with Gasteiger partial charge in [-0.15, -0.1) is 0 Å². The molecule has 0 amide bonds. The Kier molecular flexibility index (Phi) is 5.38. The molecule has 0 radical (unpaired) electrons. The highest BCUT2D eigenvalue weighted by Gasteiger charge is 2.26. The molecule has 1 aliphatic heterocycles. The number of carboxylic acids is 1. The van der Waals surface area contributed by atoms with Gasteiger partial charge in [-0.05, 0) is 39.3 Å². The predicted octanol–water partition coefficient (Wildman–Crippen LogP) is 3.35. The summed E-state index contributed by atoms with van der Waals surface area (Å²) >= 11 is 0. The third-order valence-electron chi connectivity index (χ3n) is 4.93. The number of nitrogens with zero attached hydrogens (tertiary/aromatic N) is 3. The first-order valence-corrected chi connectivity index (χ1v) is 8.81. The molecule has 134 valence electrons. The fraction of sp³-hybridized carbons (Fsp3) is 0.474. The molecular weight excluding hydrogens is 318 g/mol. The molecule has 2 heterocycles. The van der Waals surface area contributed by atoms with Crippen LogP contribution in [0.2, 0.25) is 0 Å². The van der Waals surface area contributed by atoms with E-state index in [2.05, 4.69) is 17.0 Å². The zero-order chi connectivity index (χ0) is 17.8. The summed E-state index contributed by atoms with van der Waals surface area (Å²) in [5.41, 5.74) is 0.847. The smallest absolute Gasteiger partial charge is 0.343 e. The summed E-state index contributed by atoms with van der Waals surface area (Å²) in [6.07, 6.45) is 3.50. The summed E-state index contributed by atoms with van der Waals surface area (Å²) in [6.45, 7) is 5.29. The van der Waals surface area contributed by atoms with Crippen molar-refractivity contribution < 1.29 is 14.4 Å². The van der Waals surface area contributed by atoms with E-state index in [1.807, 2.05) is 42.3 Å². The minimum atomic E-state index is -1.02. The number of benzene rings is 1. The lowest BCUT2D eigenvalue weighted by molar-refractivity contribution is 0.0698. The molecule has 1 N–H and O–H groups in total. The van der Waals surface area contributed by atoms with Gasteiger partial charge < -0.3 is 19.4 Å². The van der Waals surface area contributed by atoms with Crippen molar-refractivity contribution in [1.29, 1.82) is 0 Å². The number of aromatic carboxylic acids is 1. The van der Waals surface area contributed by atoms with Crippen molar-refractivity contribution in [2.45, 2.75) is 32.2 Å². The first-order valence-electron chi connectivity index (χ1n) is 8.81. The quantitative estimate of drug-likeness (QED) is 0.831. The topological polar surface area (TPSA) is 69.8 Å². The average molecular weight is 343 g/mol. The second-order valence-corrected chi connectivity index (χ2v) is 6.68. The first kappa shape index (κ1) is 17.5. The normalized spacial score (nSPS) is 16.1. The molecule has 1 atom stereocenters. The SMILES string of the molecule is CC(CCN(C)c1noc(-c2ccccc2)c1C(=O)O)N1CCCC1. The minimum Gasteiger partial charge on any atom is -0.477 e. The maximum atomic E-state index is 11.8. The largest absolute Gasteiger partial charge is 0.477 e. The molecule has 2 aromatic rings. The molecule has 1 aliphatic rings. The number of carboxylic acid groups (broad SMARTS) is 1. The molecule has 0 spiro atoms. The predicted molar refractivity (Wildman–Crippen MR) is 97.1 cm³/mol. The van der Waals surface area contributed by atoms with Crippen molar-refractivity contribution in [3.8, 4) is 11.3 Å². The molecule has 0 aliphatic carbocycles. The monoisotopic (exact) mass is 343 g/mol. The van der Waals surface area contributed by atoms with Crippen molar-refractivity contribution >= 4 is 11.8 Å². The van der Waals surface area contributed by atoms with Crippen LogP contribution in [0, 0.1) is 0 Å². The van der Waals surface area contributed by atoms with E-state index < -0.39 is 5.97 Å². The molecule has 3 rings (SSSR count). The van der Waals surface area contributed by atoms with Crippen LogP contribution in [-0.2, 0) is 0 Å². The highest BCUT2D eigenvalue weighted by molar-refractivity contribution is 5.99. The number of carbonyl (C=O) groups is 1. The van der Waals surface area contributed by atoms with Gasteiger partial charge in [0.05, 0.1) is 0 Å². The van der Waals surface area contributed by atoms with Gasteiger partial charge in [0.15, 0.2) is 17.1 Å². The zero-order valence-corrected chi connectivity index (χ0v) is 14.8. The van der Waals surface area contributed by atoms with Crippen molar-refractivity contribution in [2.24, 2.45) is 0 Å². The van der Waals surface area contributed by atoms with Gasteiger partial charge in [-0.2, -0.15) is 0 Å². The molecular formula is C19H25N3O3. The van der Waals surface area contributed by atoms with E-state index in [0.717, 1.165) is 31.6 Å². The Morgan fingerprint density at radius 2 is 2.00 bits per heavy atom. The van der Waals surface area contributed by atoms with Crippen LogP contribution in [0.3, 0.4) is 0 Å². The van der Waals surface area contributed by atoms with Gasteiger partial charge in [0.25, 0.3) is 0 Å². The van der Waals surface area contributed by atoms with Gasteiger partial charge in [0.2, 0.25) is 0 Å². The van der Waals surface area contributed by atoms with Gasteiger partial charge in [-0.3, -0.25) is 0 Å². The van der Waals surface area contributed by atoms with E-state index in [4.69, 9.17) is 4.52 Å². The van der Waals surface area contributed by atoms with Crippen LogP contribution < -0.4 is 4.90 Å². The van der Waals surface area contributed by atoms with Gasteiger partial charge in [-0.25, -0.2) is 4.79 Å². The number of anilines is 1. The van der Waals surface area contributed by atoms with Gasteiger partial charge in [0, 0.05) is 25.2 Å². The fourth-order valence-corrected chi connectivity index (χ4v) is 3.37. The standard InChI is InChI=1S/C19H25N3O3/c1-14(22-11-6-7-12-22)10-13-21(2)18-16(19(23)24)17(25-20-18)15-8-4-3-5-9-15/h3-5,8-9,14H,6-7,10-13H2,1-2H3,(H,23,24). The summed E-state index contributed by atoms with van der Waals surface area (Å²) in [5.74, 6) is -0.322. The van der Waals surface area contributed by atoms with Gasteiger partial charge in [-0.1, -0.05) is 35.5 Å². The van der Waals surface area contributed by atoms with Crippen LogP contribution in [-0.4, -0.2) is 53.9 Å². The van der Waals surface area contributed by atoms with E-state index in [-0.39, 0.29) is 5.56 Å². The summed E-state index contributed by atoms with van der Waals surface area (Å²) in [6, 6.07) is 9.72. The molecule has 1 aromatic heterocycles. The Morgan fingerprint density at radius 3 is 2.64 bits per heavy atom. The number of hydrogen-bond donors (Lipinski definition) is 1. The molecule has 1 saturated heterocycles. The Morgan fingerprint density at radius 1 is 1.32 bits per heavy atom. The van der Waals surface area contributed by atoms with E-state index in [0.29, 0.717) is 17.6 Å². The maximum absolute atomic E-state index is 11.8. The van der Waals surface area contributed by atoms with Crippen LogP contribution in [0.4, 0.5) is 5.82 Å². The second-order valence-electron chi connectivity index (χ2n) is 6.68. The number of hydrogen-bond acceptors (Lipinski definition) is 5. The molecule has 6 heteroatoms. The lowest BCUT2D eigenvalue weighted by Gasteiger charge is -2.26. The van der Waals surface area contributed by atoms with Crippen LogP contribution in [0.5, 0.6) is 0 Å². The lowest BCUT2D eigenvalue weighted by atomic mass is 10.1. The molecule has 0 saturated carbocycles.